The minimum Gasteiger partial charge on any atom is -0.398 e. The summed E-state index contributed by atoms with van der Waals surface area (Å²) in [5.74, 6) is 0. The Morgan fingerprint density at radius 1 is 1.47 bits per heavy atom. The standard InChI is InChI=1S/C12H20N2O/c1-9-4-5-11(8-12(9)13)14(3)7-6-10(2)15/h4-5,8,10,15H,6-7,13H2,1-3H3. The fourth-order valence-corrected chi connectivity index (χ4v) is 1.37. The van der Waals surface area contributed by atoms with Gasteiger partial charge in [-0.1, -0.05) is 6.07 Å². The zero-order valence-corrected chi connectivity index (χ0v) is 9.70. The molecule has 0 bridgehead atoms. The Labute approximate surface area is 91.5 Å². The van der Waals surface area contributed by atoms with Crippen molar-refractivity contribution >= 4 is 11.4 Å². The molecule has 15 heavy (non-hydrogen) atoms. The smallest absolute Gasteiger partial charge is 0.0528 e. The summed E-state index contributed by atoms with van der Waals surface area (Å²) in [5, 5.41) is 9.20. The van der Waals surface area contributed by atoms with Crippen molar-refractivity contribution in [2.75, 3.05) is 24.2 Å². The van der Waals surface area contributed by atoms with E-state index in [9.17, 15) is 5.11 Å². The number of rotatable bonds is 4. The first-order chi connectivity index (χ1) is 7.00. The van der Waals surface area contributed by atoms with E-state index in [4.69, 9.17) is 5.73 Å². The van der Waals surface area contributed by atoms with Crippen LogP contribution in [0.25, 0.3) is 0 Å². The maximum Gasteiger partial charge on any atom is 0.0528 e. The number of anilines is 2. The number of hydrogen-bond acceptors (Lipinski definition) is 3. The Hall–Kier alpha value is -1.22. The van der Waals surface area contributed by atoms with Crippen molar-refractivity contribution in [2.45, 2.75) is 26.4 Å². The molecule has 0 saturated carbocycles. The molecule has 0 heterocycles. The molecule has 0 aromatic heterocycles. The number of aliphatic hydroxyl groups is 1. The highest BCUT2D eigenvalue weighted by molar-refractivity contribution is 5.59. The molecule has 1 aromatic carbocycles. The lowest BCUT2D eigenvalue weighted by atomic mass is 10.1. The van der Waals surface area contributed by atoms with Gasteiger partial charge < -0.3 is 15.7 Å². The van der Waals surface area contributed by atoms with Gasteiger partial charge in [0.05, 0.1) is 6.10 Å². The summed E-state index contributed by atoms with van der Waals surface area (Å²) in [7, 11) is 2.01. The van der Waals surface area contributed by atoms with E-state index in [1.54, 1.807) is 6.92 Å². The van der Waals surface area contributed by atoms with Gasteiger partial charge in [0.25, 0.3) is 0 Å². The van der Waals surface area contributed by atoms with Crippen molar-refractivity contribution in [3.8, 4) is 0 Å². The van der Waals surface area contributed by atoms with Crippen molar-refractivity contribution in [1.82, 2.24) is 0 Å². The van der Waals surface area contributed by atoms with Crippen LogP contribution in [0.4, 0.5) is 11.4 Å². The Morgan fingerprint density at radius 3 is 2.67 bits per heavy atom. The zero-order chi connectivity index (χ0) is 11.4. The molecule has 0 aliphatic rings. The summed E-state index contributed by atoms with van der Waals surface area (Å²) < 4.78 is 0. The van der Waals surface area contributed by atoms with E-state index in [-0.39, 0.29) is 6.10 Å². The van der Waals surface area contributed by atoms with Gasteiger partial charge in [0.2, 0.25) is 0 Å². The van der Waals surface area contributed by atoms with Crippen LogP contribution >= 0.6 is 0 Å². The molecule has 1 aromatic rings. The van der Waals surface area contributed by atoms with Gasteiger partial charge in [-0.15, -0.1) is 0 Å². The molecule has 0 amide bonds. The third-order valence-corrected chi connectivity index (χ3v) is 2.59. The first kappa shape index (κ1) is 11.9. The van der Waals surface area contributed by atoms with E-state index in [0.717, 1.165) is 29.9 Å². The Kier molecular flexibility index (Phi) is 3.97. The monoisotopic (exact) mass is 208 g/mol. The second-order valence-corrected chi connectivity index (χ2v) is 4.10. The number of aryl methyl sites for hydroxylation is 1. The second kappa shape index (κ2) is 5.03. The van der Waals surface area contributed by atoms with Crippen LogP contribution in [0.1, 0.15) is 18.9 Å². The molecule has 3 heteroatoms. The van der Waals surface area contributed by atoms with Gasteiger partial charge in [-0.05, 0) is 38.0 Å². The molecule has 1 rings (SSSR count). The quantitative estimate of drug-likeness (QED) is 0.742. The lowest BCUT2D eigenvalue weighted by Gasteiger charge is -2.20. The normalized spacial score (nSPS) is 12.5. The largest absolute Gasteiger partial charge is 0.398 e. The van der Waals surface area contributed by atoms with Gasteiger partial charge in [0.1, 0.15) is 0 Å². The van der Waals surface area contributed by atoms with Crippen molar-refractivity contribution in [3.63, 3.8) is 0 Å². The topological polar surface area (TPSA) is 49.5 Å². The third-order valence-electron chi connectivity index (χ3n) is 2.59. The molecule has 0 aliphatic carbocycles. The number of aliphatic hydroxyl groups excluding tert-OH is 1. The fourth-order valence-electron chi connectivity index (χ4n) is 1.37. The molecule has 0 saturated heterocycles. The van der Waals surface area contributed by atoms with E-state index in [2.05, 4.69) is 4.90 Å². The van der Waals surface area contributed by atoms with Crippen LogP contribution in [0.3, 0.4) is 0 Å². The van der Waals surface area contributed by atoms with Crippen molar-refractivity contribution < 1.29 is 5.11 Å². The molecule has 1 unspecified atom stereocenters. The third kappa shape index (κ3) is 3.44. The van der Waals surface area contributed by atoms with Gasteiger partial charge in [-0.2, -0.15) is 0 Å². The lowest BCUT2D eigenvalue weighted by molar-refractivity contribution is 0.187. The maximum absolute atomic E-state index is 9.20. The van der Waals surface area contributed by atoms with E-state index in [1.807, 2.05) is 32.2 Å². The summed E-state index contributed by atoms with van der Waals surface area (Å²) in [6.07, 6.45) is 0.514. The number of nitrogens with two attached hydrogens (primary N) is 1. The predicted octanol–water partition coefficient (Wildman–Crippen LogP) is 1.78. The highest BCUT2D eigenvalue weighted by atomic mass is 16.3. The fraction of sp³-hybridized carbons (Fsp3) is 0.500. The van der Waals surface area contributed by atoms with Gasteiger partial charge >= 0.3 is 0 Å². The van der Waals surface area contributed by atoms with Gasteiger partial charge in [0, 0.05) is 25.0 Å². The van der Waals surface area contributed by atoms with E-state index in [1.165, 1.54) is 0 Å². The molecule has 3 N–H and O–H groups in total. The van der Waals surface area contributed by atoms with Crippen LogP contribution < -0.4 is 10.6 Å². The molecular formula is C12H20N2O. The summed E-state index contributed by atoms with van der Waals surface area (Å²) in [6, 6.07) is 6.04. The van der Waals surface area contributed by atoms with E-state index in [0.29, 0.717) is 0 Å². The van der Waals surface area contributed by atoms with E-state index >= 15 is 0 Å². The number of nitrogens with zero attached hydrogens (tertiary/aromatic N) is 1. The van der Waals surface area contributed by atoms with Crippen LogP contribution in [0, 0.1) is 6.92 Å². The number of nitrogen functional groups attached to an aromatic ring is 1. The number of hydrogen-bond donors (Lipinski definition) is 2. The minimum atomic E-state index is -0.254. The second-order valence-electron chi connectivity index (χ2n) is 4.10. The Balaban J connectivity index is 2.65. The van der Waals surface area contributed by atoms with Crippen molar-refractivity contribution in [3.05, 3.63) is 23.8 Å². The van der Waals surface area contributed by atoms with Gasteiger partial charge in [-0.25, -0.2) is 0 Å². The maximum atomic E-state index is 9.20. The minimum absolute atomic E-state index is 0.254. The molecule has 3 nitrogen and oxygen atoms in total. The van der Waals surface area contributed by atoms with Crippen LogP contribution in [0.15, 0.2) is 18.2 Å². The highest BCUT2D eigenvalue weighted by Crippen LogP contribution is 2.20. The highest BCUT2D eigenvalue weighted by Gasteiger charge is 2.04. The van der Waals surface area contributed by atoms with Crippen LogP contribution in [-0.4, -0.2) is 24.8 Å². The SMILES string of the molecule is Cc1ccc(N(C)CCC(C)O)cc1N. The summed E-state index contributed by atoms with van der Waals surface area (Å²) in [4.78, 5) is 2.10. The van der Waals surface area contributed by atoms with Crippen molar-refractivity contribution in [2.24, 2.45) is 0 Å². The molecule has 0 aliphatic heterocycles. The Morgan fingerprint density at radius 2 is 2.13 bits per heavy atom. The van der Waals surface area contributed by atoms with Crippen molar-refractivity contribution in [1.29, 1.82) is 0 Å². The van der Waals surface area contributed by atoms with E-state index < -0.39 is 0 Å². The van der Waals surface area contributed by atoms with Crippen LogP contribution in [0.2, 0.25) is 0 Å². The molecular weight excluding hydrogens is 188 g/mol. The zero-order valence-electron chi connectivity index (χ0n) is 9.70. The average Bonchev–Trinajstić information content (AvgIpc) is 2.18. The first-order valence-corrected chi connectivity index (χ1v) is 5.26. The summed E-state index contributed by atoms with van der Waals surface area (Å²) in [5.41, 5.74) is 8.85. The lowest BCUT2D eigenvalue weighted by Crippen LogP contribution is -2.21. The summed E-state index contributed by atoms with van der Waals surface area (Å²) in [6.45, 7) is 4.63. The summed E-state index contributed by atoms with van der Waals surface area (Å²) >= 11 is 0. The van der Waals surface area contributed by atoms with Crippen LogP contribution in [-0.2, 0) is 0 Å². The molecule has 1 atom stereocenters. The van der Waals surface area contributed by atoms with Gasteiger partial charge in [0.15, 0.2) is 0 Å². The molecule has 0 fully saturated rings. The Bertz CT molecular complexity index is 323. The molecule has 0 radical (unpaired) electrons. The first-order valence-electron chi connectivity index (χ1n) is 5.26. The number of benzene rings is 1. The molecule has 84 valence electrons. The van der Waals surface area contributed by atoms with Crippen LogP contribution in [0.5, 0.6) is 0 Å². The average molecular weight is 208 g/mol. The van der Waals surface area contributed by atoms with Gasteiger partial charge in [-0.3, -0.25) is 0 Å². The predicted molar refractivity (Wildman–Crippen MR) is 65.2 cm³/mol. The molecule has 0 spiro atoms.